The smallest absolute Gasteiger partial charge is 0.283 e. The average Bonchev–Trinajstić information content (AvgIpc) is 1.86. The van der Waals surface area contributed by atoms with Crippen molar-refractivity contribution in [3.05, 3.63) is 0 Å². The van der Waals surface area contributed by atoms with Gasteiger partial charge in [0, 0.05) is 0 Å². The van der Waals surface area contributed by atoms with Crippen molar-refractivity contribution in [3.8, 4) is 0 Å². The normalized spacial score (nSPS) is 14.8. The second kappa shape index (κ2) is 4.66. The van der Waals surface area contributed by atoms with E-state index in [1.807, 2.05) is 6.92 Å². The van der Waals surface area contributed by atoms with Crippen LogP contribution in [-0.2, 0) is 10.1 Å². The maximum absolute atomic E-state index is 12.4. The molecule has 0 rings (SSSR count). The van der Waals surface area contributed by atoms with E-state index in [1.54, 1.807) is 0 Å². The molecule has 0 saturated carbocycles. The molecule has 11 heavy (non-hydrogen) atoms. The first-order valence-corrected chi connectivity index (χ1v) is 5.09. The van der Waals surface area contributed by atoms with Crippen LogP contribution in [0.1, 0.15) is 32.6 Å². The van der Waals surface area contributed by atoms with E-state index >= 15 is 0 Å². The summed E-state index contributed by atoms with van der Waals surface area (Å²) < 4.78 is 40.8. The maximum Gasteiger partial charge on any atom is 0.297 e. The third kappa shape index (κ3) is 5.15. The van der Waals surface area contributed by atoms with Crippen LogP contribution in [0.15, 0.2) is 0 Å². The van der Waals surface area contributed by atoms with Crippen molar-refractivity contribution in [1.29, 1.82) is 0 Å². The molecule has 0 aromatic heterocycles. The van der Waals surface area contributed by atoms with Crippen molar-refractivity contribution in [2.45, 2.75) is 38.1 Å². The van der Waals surface area contributed by atoms with E-state index in [4.69, 9.17) is 4.55 Å². The fraction of sp³-hybridized carbons (Fsp3) is 1.00. The first kappa shape index (κ1) is 10.8. The molecule has 5 heteroatoms. The highest BCUT2D eigenvalue weighted by Gasteiger charge is 2.20. The fourth-order valence-corrected chi connectivity index (χ4v) is 1.17. The van der Waals surface area contributed by atoms with Crippen molar-refractivity contribution < 1.29 is 17.4 Å². The van der Waals surface area contributed by atoms with Crippen molar-refractivity contribution in [2.24, 2.45) is 0 Å². The number of hydrogen-bond donors (Lipinski definition) is 1. The molecular weight excluding hydrogens is 171 g/mol. The molecule has 68 valence electrons. The van der Waals surface area contributed by atoms with E-state index in [0.29, 0.717) is 6.42 Å². The lowest BCUT2D eigenvalue weighted by Gasteiger charge is -2.02. The molecule has 0 radical (unpaired) electrons. The van der Waals surface area contributed by atoms with Gasteiger partial charge in [0.05, 0.1) is 0 Å². The molecule has 1 atom stereocenters. The molecule has 0 aromatic rings. The van der Waals surface area contributed by atoms with Crippen molar-refractivity contribution in [1.82, 2.24) is 0 Å². The number of unbranched alkanes of at least 4 members (excludes halogenated alkanes) is 2. The molecule has 3 nitrogen and oxygen atoms in total. The molecule has 0 saturated heterocycles. The van der Waals surface area contributed by atoms with Gasteiger partial charge in [-0.05, 0) is 12.8 Å². The molecule has 0 aliphatic carbocycles. The van der Waals surface area contributed by atoms with Gasteiger partial charge >= 0.3 is 0 Å². The molecule has 0 amide bonds. The van der Waals surface area contributed by atoms with Gasteiger partial charge in [0.25, 0.3) is 10.1 Å². The lowest BCUT2D eigenvalue weighted by Crippen LogP contribution is -2.14. The Labute approximate surface area is 66.4 Å². The number of hydrogen-bond acceptors (Lipinski definition) is 2. The minimum atomic E-state index is -4.45. The van der Waals surface area contributed by atoms with Gasteiger partial charge in [-0.3, -0.25) is 4.55 Å². The summed E-state index contributed by atoms with van der Waals surface area (Å²) in [6, 6.07) is 0. The molecule has 1 N–H and O–H groups in total. The summed E-state index contributed by atoms with van der Waals surface area (Å²) in [5.74, 6) is 0. The third-order valence-corrected chi connectivity index (χ3v) is 2.24. The lowest BCUT2D eigenvalue weighted by molar-refractivity contribution is 0.351. The molecule has 0 heterocycles. The van der Waals surface area contributed by atoms with Crippen molar-refractivity contribution in [3.63, 3.8) is 0 Å². The number of alkyl halides is 1. The number of rotatable bonds is 5. The SMILES string of the molecule is CCCCCC(F)S(=O)(=O)O. The standard InChI is InChI=1S/C6H13FO3S/c1-2-3-4-5-6(7)11(8,9)10/h6H,2-5H2,1H3,(H,8,9,10). The molecule has 0 aliphatic rings. The first-order chi connectivity index (χ1) is 4.98. The van der Waals surface area contributed by atoms with Crippen LogP contribution in [0.25, 0.3) is 0 Å². The van der Waals surface area contributed by atoms with E-state index in [-0.39, 0.29) is 6.42 Å². The lowest BCUT2D eigenvalue weighted by atomic mass is 10.2. The Balaban J connectivity index is 3.62. The Bertz CT molecular complexity index is 188. The van der Waals surface area contributed by atoms with Crippen molar-refractivity contribution in [2.75, 3.05) is 0 Å². The quantitative estimate of drug-likeness (QED) is 0.523. The minimum Gasteiger partial charge on any atom is -0.283 e. The van der Waals surface area contributed by atoms with Gasteiger partial charge in [0.2, 0.25) is 5.50 Å². The Morgan fingerprint density at radius 3 is 2.36 bits per heavy atom. The van der Waals surface area contributed by atoms with E-state index in [0.717, 1.165) is 12.8 Å². The third-order valence-electron chi connectivity index (χ3n) is 1.36. The molecule has 0 spiro atoms. The van der Waals surface area contributed by atoms with Crippen LogP contribution in [0.3, 0.4) is 0 Å². The zero-order valence-electron chi connectivity index (χ0n) is 6.46. The molecule has 0 aromatic carbocycles. The highest BCUT2D eigenvalue weighted by atomic mass is 32.2. The molecule has 0 bridgehead atoms. The van der Waals surface area contributed by atoms with Crippen LogP contribution in [0.2, 0.25) is 0 Å². The summed E-state index contributed by atoms with van der Waals surface area (Å²) >= 11 is 0. The zero-order valence-corrected chi connectivity index (χ0v) is 7.27. The van der Waals surface area contributed by atoms with Gasteiger partial charge in [0.1, 0.15) is 0 Å². The van der Waals surface area contributed by atoms with Crippen LogP contribution in [0, 0.1) is 0 Å². The monoisotopic (exact) mass is 184 g/mol. The Kier molecular flexibility index (Phi) is 4.60. The van der Waals surface area contributed by atoms with E-state index in [1.165, 1.54) is 0 Å². The number of halogens is 1. The molecular formula is C6H13FO3S. The van der Waals surface area contributed by atoms with Gasteiger partial charge in [0.15, 0.2) is 0 Å². The van der Waals surface area contributed by atoms with Crippen LogP contribution >= 0.6 is 0 Å². The van der Waals surface area contributed by atoms with E-state index in [2.05, 4.69) is 0 Å². The van der Waals surface area contributed by atoms with Gasteiger partial charge in [-0.2, -0.15) is 8.42 Å². The van der Waals surface area contributed by atoms with Gasteiger partial charge in [-0.25, -0.2) is 4.39 Å². The highest BCUT2D eigenvalue weighted by molar-refractivity contribution is 7.86. The van der Waals surface area contributed by atoms with Crippen molar-refractivity contribution >= 4 is 10.1 Å². The predicted octanol–water partition coefficient (Wildman–Crippen LogP) is 1.75. The summed E-state index contributed by atoms with van der Waals surface area (Å²) in [4.78, 5) is 0. The molecule has 1 unspecified atom stereocenters. The Hall–Kier alpha value is -0.160. The summed E-state index contributed by atoms with van der Waals surface area (Å²) in [7, 11) is -4.45. The van der Waals surface area contributed by atoms with Gasteiger partial charge < -0.3 is 0 Å². The first-order valence-electron chi connectivity index (χ1n) is 3.59. The fourth-order valence-electron chi connectivity index (χ4n) is 0.704. The van der Waals surface area contributed by atoms with Gasteiger partial charge in [-0.15, -0.1) is 0 Å². The molecule has 0 aliphatic heterocycles. The summed E-state index contributed by atoms with van der Waals surface area (Å²) in [6.45, 7) is 1.93. The zero-order chi connectivity index (χ0) is 8.91. The predicted molar refractivity (Wildman–Crippen MR) is 40.6 cm³/mol. The van der Waals surface area contributed by atoms with Crippen LogP contribution in [-0.4, -0.2) is 18.5 Å². The largest absolute Gasteiger partial charge is 0.297 e. The van der Waals surface area contributed by atoms with Crippen LogP contribution < -0.4 is 0 Å². The topological polar surface area (TPSA) is 54.4 Å². The summed E-state index contributed by atoms with van der Waals surface area (Å²) in [6.07, 6.45) is 2.08. The van der Waals surface area contributed by atoms with Crippen LogP contribution in [0.4, 0.5) is 4.39 Å². The second-order valence-electron chi connectivity index (χ2n) is 2.42. The average molecular weight is 184 g/mol. The highest BCUT2D eigenvalue weighted by Crippen LogP contribution is 2.10. The minimum absolute atomic E-state index is 0.104. The van der Waals surface area contributed by atoms with Gasteiger partial charge in [-0.1, -0.05) is 19.8 Å². The summed E-state index contributed by atoms with van der Waals surface area (Å²) in [5, 5.41) is 0. The van der Waals surface area contributed by atoms with Crippen LogP contribution in [0.5, 0.6) is 0 Å². The maximum atomic E-state index is 12.4. The van der Waals surface area contributed by atoms with E-state index in [9.17, 15) is 12.8 Å². The second-order valence-corrected chi connectivity index (χ2v) is 3.96. The Morgan fingerprint density at radius 1 is 1.45 bits per heavy atom. The summed E-state index contributed by atoms with van der Waals surface area (Å²) in [5.41, 5.74) is -2.10. The Morgan fingerprint density at radius 2 is 2.00 bits per heavy atom. The van der Waals surface area contributed by atoms with E-state index < -0.39 is 15.6 Å². The molecule has 0 fully saturated rings.